The summed E-state index contributed by atoms with van der Waals surface area (Å²) in [6.45, 7) is 3.50. The summed E-state index contributed by atoms with van der Waals surface area (Å²) in [5, 5.41) is 4.74. The lowest BCUT2D eigenvalue weighted by atomic mass is 10.1. The molecule has 0 saturated heterocycles. The van der Waals surface area contributed by atoms with Crippen LogP contribution >= 0.6 is 22.7 Å². The Bertz CT molecular complexity index is 791. The molecule has 3 N–H and O–H groups in total. The summed E-state index contributed by atoms with van der Waals surface area (Å²) in [5.41, 5.74) is 5.91. The van der Waals surface area contributed by atoms with E-state index in [1.54, 1.807) is 19.9 Å². The molecule has 0 saturated carbocycles. The summed E-state index contributed by atoms with van der Waals surface area (Å²) in [7, 11) is 0. The van der Waals surface area contributed by atoms with Crippen molar-refractivity contribution in [3.05, 3.63) is 44.5 Å². The van der Waals surface area contributed by atoms with Gasteiger partial charge in [0.15, 0.2) is 0 Å². The number of nitrogens with one attached hydrogen (secondary N) is 1. The molecule has 0 unspecified atom stereocenters. The van der Waals surface area contributed by atoms with Crippen molar-refractivity contribution in [3.8, 4) is 0 Å². The SMILES string of the molecule is CCOC(=O)c1sc(NC(=O)/C=C/c2cccs2)c(C(N)=O)c1C. The number of ether oxygens (including phenoxy) is 1. The van der Waals surface area contributed by atoms with Crippen LogP contribution < -0.4 is 11.1 Å². The van der Waals surface area contributed by atoms with Crippen molar-refractivity contribution >= 4 is 51.5 Å². The van der Waals surface area contributed by atoms with Crippen molar-refractivity contribution in [1.82, 2.24) is 0 Å². The van der Waals surface area contributed by atoms with Gasteiger partial charge in [0.05, 0.1) is 12.2 Å². The number of amides is 2. The quantitative estimate of drug-likeness (QED) is 0.608. The van der Waals surface area contributed by atoms with Crippen molar-refractivity contribution in [2.45, 2.75) is 13.8 Å². The van der Waals surface area contributed by atoms with Crippen molar-refractivity contribution in [1.29, 1.82) is 0 Å². The van der Waals surface area contributed by atoms with Crippen molar-refractivity contribution in [2.24, 2.45) is 5.73 Å². The zero-order valence-corrected chi connectivity index (χ0v) is 14.8. The number of anilines is 1. The van der Waals surface area contributed by atoms with Gasteiger partial charge in [-0.15, -0.1) is 22.7 Å². The summed E-state index contributed by atoms with van der Waals surface area (Å²) in [6, 6.07) is 3.75. The molecule has 8 heteroatoms. The Morgan fingerprint density at radius 3 is 2.71 bits per heavy atom. The number of esters is 1. The molecule has 0 fully saturated rings. The third-order valence-corrected chi connectivity index (χ3v) is 5.06. The largest absolute Gasteiger partial charge is 0.462 e. The first-order chi connectivity index (χ1) is 11.4. The Hall–Kier alpha value is -2.45. The van der Waals surface area contributed by atoms with Crippen LogP contribution in [-0.4, -0.2) is 24.4 Å². The van der Waals surface area contributed by atoms with E-state index in [9.17, 15) is 14.4 Å². The molecule has 126 valence electrons. The molecule has 24 heavy (non-hydrogen) atoms. The van der Waals surface area contributed by atoms with Gasteiger partial charge in [-0.05, 0) is 36.9 Å². The molecule has 0 aromatic carbocycles. The molecule has 0 atom stereocenters. The molecule has 0 aliphatic carbocycles. The third kappa shape index (κ3) is 4.09. The fraction of sp³-hybridized carbons (Fsp3) is 0.188. The standard InChI is InChI=1S/C16H16N2O4S2/c1-3-22-16(21)13-9(2)12(14(17)20)15(24-13)18-11(19)7-6-10-5-4-8-23-10/h4-8H,3H2,1-2H3,(H2,17,20)(H,18,19)/b7-6+. The summed E-state index contributed by atoms with van der Waals surface area (Å²) >= 11 is 2.47. The van der Waals surface area contributed by atoms with Gasteiger partial charge in [0.2, 0.25) is 5.91 Å². The molecule has 2 aromatic heterocycles. The van der Waals surface area contributed by atoms with Crippen LogP contribution in [0.4, 0.5) is 5.00 Å². The van der Waals surface area contributed by atoms with Crippen LogP contribution in [0.5, 0.6) is 0 Å². The van der Waals surface area contributed by atoms with E-state index in [0.29, 0.717) is 5.56 Å². The summed E-state index contributed by atoms with van der Waals surface area (Å²) in [6.07, 6.45) is 3.02. The predicted molar refractivity (Wildman–Crippen MR) is 95.5 cm³/mol. The molecular weight excluding hydrogens is 348 g/mol. The van der Waals surface area contributed by atoms with Gasteiger partial charge in [-0.2, -0.15) is 0 Å². The molecule has 0 radical (unpaired) electrons. The summed E-state index contributed by atoms with van der Waals surface area (Å²) in [4.78, 5) is 36.8. The van der Waals surface area contributed by atoms with Gasteiger partial charge in [-0.3, -0.25) is 9.59 Å². The fourth-order valence-electron chi connectivity index (χ4n) is 1.99. The zero-order chi connectivity index (χ0) is 17.7. The van der Waals surface area contributed by atoms with Crippen LogP contribution in [0.25, 0.3) is 6.08 Å². The maximum atomic E-state index is 12.0. The molecule has 0 spiro atoms. The van der Waals surface area contributed by atoms with Crippen LogP contribution in [0, 0.1) is 6.92 Å². The average molecular weight is 364 g/mol. The maximum absolute atomic E-state index is 12.0. The minimum absolute atomic E-state index is 0.126. The number of carbonyl (C=O) groups excluding carboxylic acids is 3. The molecule has 6 nitrogen and oxygen atoms in total. The topological polar surface area (TPSA) is 98.5 Å². The highest BCUT2D eigenvalue weighted by Crippen LogP contribution is 2.33. The highest BCUT2D eigenvalue weighted by Gasteiger charge is 2.24. The Morgan fingerprint density at radius 2 is 2.12 bits per heavy atom. The lowest BCUT2D eigenvalue weighted by molar-refractivity contribution is -0.111. The van der Waals surface area contributed by atoms with Crippen LogP contribution in [0.2, 0.25) is 0 Å². The first-order valence-corrected chi connectivity index (χ1v) is 8.76. The van der Waals surface area contributed by atoms with Gasteiger partial charge in [0.25, 0.3) is 5.91 Å². The number of nitrogens with two attached hydrogens (primary N) is 1. The average Bonchev–Trinajstić information content (AvgIpc) is 3.13. The number of carbonyl (C=O) groups is 3. The van der Waals surface area contributed by atoms with Gasteiger partial charge in [-0.1, -0.05) is 6.07 Å². The van der Waals surface area contributed by atoms with E-state index >= 15 is 0 Å². The Kier molecular flexibility index (Phi) is 5.88. The third-order valence-electron chi connectivity index (χ3n) is 3.03. The van der Waals surface area contributed by atoms with Gasteiger partial charge in [-0.25, -0.2) is 4.79 Å². The Balaban J connectivity index is 2.25. The second-order valence-corrected chi connectivity index (χ2v) is 6.68. The monoisotopic (exact) mass is 364 g/mol. The van der Waals surface area contributed by atoms with E-state index in [0.717, 1.165) is 16.2 Å². The number of primary amides is 1. The van der Waals surface area contributed by atoms with Crippen LogP contribution in [0.15, 0.2) is 23.6 Å². The molecule has 2 amide bonds. The first kappa shape index (κ1) is 17.9. The molecule has 2 aromatic rings. The van der Waals surface area contributed by atoms with Gasteiger partial charge in [0.1, 0.15) is 9.88 Å². The van der Waals surface area contributed by atoms with E-state index < -0.39 is 17.8 Å². The second kappa shape index (κ2) is 7.89. The van der Waals surface area contributed by atoms with E-state index in [1.807, 2.05) is 17.5 Å². The minimum atomic E-state index is -0.711. The van der Waals surface area contributed by atoms with Crippen molar-refractivity contribution < 1.29 is 19.1 Å². The minimum Gasteiger partial charge on any atom is -0.462 e. The smallest absolute Gasteiger partial charge is 0.348 e. The molecule has 0 bridgehead atoms. The van der Waals surface area contributed by atoms with E-state index in [4.69, 9.17) is 10.5 Å². The summed E-state index contributed by atoms with van der Waals surface area (Å²) < 4.78 is 4.95. The normalized spacial score (nSPS) is 10.8. The van der Waals surface area contributed by atoms with Gasteiger partial charge >= 0.3 is 5.97 Å². The van der Waals surface area contributed by atoms with Crippen LogP contribution in [-0.2, 0) is 9.53 Å². The van der Waals surface area contributed by atoms with Gasteiger partial charge in [0, 0.05) is 11.0 Å². The number of hydrogen-bond acceptors (Lipinski definition) is 6. The second-order valence-electron chi connectivity index (χ2n) is 4.68. The van der Waals surface area contributed by atoms with E-state index in [1.165, 1.54) is 17.4 Å². The number of rotatable bonds is 6. The number of thiophene rings is 2. The van der Waals surface area contributed by atoms with E-state index in [-0.39, 0.29) is 22.0 Å². The zero-order valence-electron chi connectivity index (χ0n) is 13.1. The molecular formula is C16H16N2O4S2. The first-order valence-electron chi connectivity index (χ1n) is 7.07. The van der Waals surface area contributed by atoms with Crippen molar-refractivity contribution in [2.75, 3.05) is 11.9 Å². The summed E-state index contributed by atoms with van der Waals surface area (Å²) in [5.74, 6) is -1.67. The van der Waals surface area contributed by atoms with Crippen molar-refractivity contribution in [3.63, 3.8) is 0 Å². The predicted octanol–water partition coefficient (Wildman–Crippen LogP) is 3.05. The van der Waals surface area contributed by atoms with Gasteiger partial charge < -0.3 is 15.8 Å². The number of hydrogen-bond donors (Lipinski definition) is 2. The highest BCUT2D eigenvalue weighted by molar-refractivity contribution is 7.18. The lowest BCUT2D eigenvalue weighted by Gasteiger charge is -2.01. The lowest BCUT2D eigenvalue weighted by Crippen LogP contribution is -2.16. The molecule has 0 aliphatic rings. The molecule has 0 aliphatic heterocycles. The van der Waals surface area contributed by atoms with E-state index in [2.05, 4.69) is 5.32 Å². The molecule has 2 rings (SSSR count). The van der Waals surface area contributed by atoms with Crippen LogP contribution in [0.3, 0.4) is 0 Å². The Labute approximate surface area is 146 Å². The Morgan fingerprint density at radius 1 is 1.38 bits per heavy atom. The highest BCUT2D eigenvalue weighted by atomic mass is 32.1. The van der Waals surface area contributed by atoms with Crippen LogP contribution in [0.1, 0.15) is 37.4 Å². The maximum Gasteiger partial charge on any atom is 0.348 e. The fourth-order valence-corrected chi connectivity index (χ4v) is 3.71. The molecule has 2 heterocycles.